The van der Waals surface area contributed by atoms with Crippen LogP contribution in [0, 0.1) is 10.8 Å². The van der Waals surface area contributed by atoms with Crippen molar-refractivity contribution < 1.29 is 14.3 Å². The lowest BCUT2D eigenvalue weighted by Gasteiger charge is -2.42. The molecular weight excluding hydrogens is 242 g/mol. The largest absolute Gasteiger partial charge is 0.444 e. The molecule has 3 fully saturated rings. The van der Waals surface area contributed by atoms with Crippen LogP contribution >= 0.6 is 0 Å². The minimum Gasteiger partial charge on any atom is -0.444 e. The second kappa shape index (κ2) is 4.11. The molecule has 19 heavy (non-hydrogen) atoms. The van der Waals surface area contributed by atoms with Gasteiger partial charge in [-0.25, -0.2) is 4.79 Å². The molecular formula is C15H25NO3. The summed E-state index contributed by atoms with van der Waals surface area (Å²) in [4.78, 5) is 13.9. The average molecular weight is 267 g/mol. The quantitative estimate of drug-likeness (QED) is 0.677. The Morgan fingerprint density at radius 2 is 1.58 bits per heavy atom. The first kappa shape index (κ1) is 13.2. The van der Waals surface area contributed by atoms with E-state index in [0.717, 1.165) is 39.1 Å². The molecule has 3 aliphatic rings. The molecule has 0 unspecified atom stereocenters. The number of rotatable bonds is 0. The van der Waals surface area contributed by atoms with Gasteiger partial charge in [-0.15, -0.1) is 0 Å². The molecule has 1 aliphatic carbocycles. The Bertz CT molecular complexity index is 373. The van der Waals surface area contributed by atoms with E-state index in [-0.39, 0.29) is 6.09 Å². The Kier molecular flexibility index (Phi) is 2.86. The first-order valence-electron chi connectivity index (χ1n) is 7.42. The van der Waals surface area contributed by atoms with Crippen LogP contribution in [0.4, 0.5) is 4.79 Å². The number of piperidine rings is 1. The molecule has 0 aromatic heterocycles. The molecule has 1 amide bonds. The van der Waals surface area contributed by atoms with Gasteiger partial charge in [0.2, 0.25) is 0 Å². The molecule has 4 nitrogen and oxygen atoms in total. The summed E-state index contributed by atoms with van der Waals surface area (Å²) in [7, 11) is 0. The predicted molar refractivity (Wildman–Crippen MR) is 72.0 cm³/mol. The van der Waals surface area contributed by atoms with Crippen LogP contribution in [0.2, 0.25) is 0 Å². The van der Waals surface area contributed by atoms with E-state index >= 15 is 0 Å². The van der Waals surface area contributed by atoms with Gasteiger partial charge < -0.3 is 14.4 Å². The fraction of sp³-hybridized carbons (Fsp3) is 0.933. The second-order valence-electron chi connectivity index (χ2n) is 7.52. The highest BCUT2D eigenvalue weighted by Gasteiger charge is 2.63. The van der Waals surface area contributed by atoms with Gasteiger partial charge in [-0.3, -0.25) is 0 Å². The fourth-order valence-corrected chi connectivity index (χ4v) is 3.69. The van der Waals surface area contributed by atoms with Crippen molar-refractivity contribution in [1.82, 2.24) is 4.90 Å². The number of likely N-dealkylation sites (tertiary alicyclic amines) is 1. The van der Waals surface area contributed by atoms with Crippen LogP contribution in [-0.4, -0.2) is 42.9 Å². The molecule has 0 aromatic rings. The minimum absolute atomic E-state index is 0.161. The number of hydrogen-bond acceptors (Lipinski definition) is 3. The minimum atomic E-state index is -0.402. The number of hydrogen-bond donors (Lipinski definition) is 0. The monoisotopic (exact) mass is 267 g/mol. The molecule has 108 valence electrons. The molecule has 2 aliphatic heterocycles. The number of nitrogens with zero attached hydrogens (tertiary/aromatic N) is 1. The molecule has 1 saturated carbocycles. The molecule has 4 heteroatoms. The zero-order valence-corrected chi connectivity index (χ0v) is 12.3. The lowest BCUT2D eigenvalue weighted by molar-refractivity contribution is 0.00180. The lowest BCUT2D eigenvalue weighted by Crippen LogP contribution is -2.48. The van der Waals surface area contributed by atoms with Crippen molar-refractivity contribution in [3.05, 3.63) is 0 Å². The highest BCUT2D eigenvalue weighted by molar-refractivity contribution is 5.68. The smallest absolute Gasteiger partial charge is 0.410 e. The van der Waals surface area contributed by atoms with Crippen molar-refractivity contribution in [3.63, 3.8) is 0 Å². The fourth-order valence-electron chi connectivity index (χ4n) is 3.69. The van der Waals surface area contributed by atoms with Gasteiger partial charge in [-0.2, -0.15) is 0 Å². The van der Waals surface area contributed by atoms with Crippen molar-refractivity contribution in [2.75, 3.05) is 26.3 Å². The number of carbonyl (C=O) groups excluding carboxylic acids is 1. The second-order valence-corrected chi connectivity index (χ2v) is 7.52. The lowest BCUT2D eigenvalue weighted by atomic mass is 9.68. The summed E-state index contributed by atoms with van der Waals surface area (Å²) in [5.74, 6) is 0. The zero-order chi connectivity index (χ0) is 13.7. The van der Waals surface area contributed by atoms with Gasteiger partial charge in [0.05, 0.1) is 13.2 Å². The Labute approximate surface area is 115 Å². The third-order valence-corrected chi connectivity index (χ3v) is 5.11. The summed E-state index contributed by atoms with van der Waals surface area (Å²) < 4.78 is 11.2. The van der Waals surface area contributed by atoms with E-state index in [2.05, 4.69) is 0 Å². The number of fused-ring (bicyclic) bond motifs is 1. The SMILES string of the molecule is CC(C)(C)OC(=O)N1CCC2(CC1)COCC21CC1. The van der Waals surface area contributed by atoms with Crippen LogP contribution in [0.1, 0.15) is 46.5 Å². The summed E-state index contributed by atoms with van der Waals surface area (Å²) in [6.45, 7) is 9.23. The summed E-state index contributed by atoms with van der Waals surface area (Å²) in [6.07, 6.45) is 4.63. The molecule has 2 saturated heterocycles. The third-order valence-electron chi connectivity index (χ3n) is 5.11. The van der Waals surface area contributed by atoms with Crippen LogP contribution in [0.15, 0.2) is 0 Å². The van der Waals surface area contributed by atoms with E-state index in [0.29, 0.717) is 10.8 Å². The molecule has 3 rings (SSSR count). The van der Waals surface area contributed by atoms with Gasteiger partial charge in [0, 0.05) is 23.9 Å². The van der Waals surface area contributed by atoms with Crippen LogP contribution in [0.3, 0.4) is 0 Å². The average Bonchev–Trinajstić information content (AvgIpc) is 3.01. The summed E-state index contributed by atoms with van der Waals surface area (Å²) in [5.41, 5.74) is 0.416. The van der Waals surface area contributed by atoms with Gasteiger partial charge in [0.25, 0.3) is 0 Å². The van der Waals surface area contributed by atoms with Gasteiger partial charge in [0.1, 0.15) is 5.60 Å². The summed E-state index contributed by atoms with van der Waals surface area (Å²) in [5, 5.41) is 0. The van der Waals surface area contributed by atoms with Crippen molar-refractivity contribution in [2.24, 2.45) is 10.8 Å². The van der Waals surface area contributed by atoms with E-state index < -0.39 is 5.60 Å². The maximum Gasteiger partial charge on any atom is 0.410 e. The Morgan fingerprint density at radius 3 is 2.05 bits per heavy atom. The van der Waals surface area contributed by atoms with Gasteiger partial charge in [-0.1, -0.05) is 0 Å². The topological polar surface area (TPSA) is 38.8 Å². The van der Waals surface area contributed by atoms with Crippen LogP contribution < -0.4 is 0 Å². The van der Waals surface area contributed by atoms with Crippen molar-refractivity contribution in [2.45, 2.75) is 52.1 Å². The van der Waals surface area contributed by atoms with Crippen molar-refractivity contribution in [1.29, 1.82) is 0 Å². The number of ether oxygens (including phenoxy) is 2. The van der Waals surface area contributed by atoms with Gasteiger partial charge in [-0.05, 0) is 46.5 Å². The van der Waals surface area contributed by atoms with E-state index in [4.69, 9.17) is 9.47 Å². The number of carbonyl (C=O) groups is 1. The van der Waals surface area contributed by atoms with E-state index in [9.17, 15) is 4.79 Å². The molecule has 0 atom stereocenters. The van der Waals surface area contributed by atoms with E-state index in [1.54, 1.807) is 0 Å². The zero-order valence-electron chi connectivity index (χ0n) is 12.3. The predicted octanol–water partition coefficient (Wildman–Crippen LogP) is 2.81. The highest BCUT2D eigenvalue weighted by Crippen LogP contribution is 2.65. The van der Waals surface area contributed by atoms with Crippen molar-refractivity contribution >= 4 is 6.09 Å². The molecule has 0 bridgehead atoms. The van der Waals surface area contributed by atoms with Crippen molar-refractivity contribution in [3.8, 4) is 0 Å². The Morgan fingerprint density at radius 1 is 1.05 bits per heavy atom. The summed E-state index contributed by atoms with van der Waals surface area (Å²) >= 11 is 0. The number of amides is 1. The van der Waals surface area contributed by atoms with Gasteiger partial charge >= 0.3 is 6.09 Å². The van der Waals surface area contributed by atoms with Crippen LogP contribution in [-0.2, 0) is 9.47 Å². The molecule has 0 radical (unpaired) electrons. The van der Waals surface area contributed by atoms with Gasteiger partial charge in [0.15, 0.2) is 0 Å². The maximum absolute atomic E-state index is 12.1. The first-order chi connectivity index (χ1) is 8.86. The molecule has 0 N–H and O–H groups in total. The van der Waals surface area contributed by atoms with E-state index in [1.165, 1.54) is 12.8 Å². The normalized spacial score (nSPS) is 27.8. The molecule has 2 heterocycles. The highest BCUT2D eigenvalue weighted by atomic mass is 16.6. The standard InChI is InChI=1S/C15H25NO3/c1-13(2,3)19-12(17)16-8-6-15(7-9-16)11-18-10-14(15)4-5-14/h4-11H2,1-3H3. The summed E-state index contributed by atoms with van der Waals surface area (Å²) in [6, 6.07) is 0. The van der Waals surface area contributed by atoms with E-state index in [1.807, 2.05) is 25.7 Å². The van der Waals surface area contributed by atoms with Crippen LogP contribution in [0.5, 0.6) is 0 Å². The molecule has 2 spiro atoms. The first-order valence-corrected chi connectivity index (χ1v) is 7.42. The van der Waals surface area contributed by atoms with Crippen LogP contribution in [0.25, 0.3) is 0 Å². The molecule has 0 aromatic carbocycles. The maximum atomic E-state index is 12.1. The Balaban J connectivity index is 1.59. The Hall–Kier alpha value is -0.770. The third kappa shape index (κ3) is 2.24.